The lowest BCUT2D eigenvalue weighted by Crippen LogP contribution is -2.37. The zero-order valence-corrected chi connectivity index (χ0v) is 15.7. The number of hydrogen-bond acceptors (Lipinski definition) is 3. The fourth-order valence-electron chi connectivity index (χ4n) is 3.48. The van der Waals surface area contributed by atoms with Gasteiger partial charge in [-0.3, -0.25) is 4.79 Å². The zero-order chi connectivity index (χ0) is 18.5. The number of halogens is 1. The Morgan fingerprint density at radius 2 is 2.15 bits per heavy atom. The molecule has 26 heavy (non-hydrogen) atoms. The van der Waals surface area contributed by atoms with Crippen molar-refractivity contribution >= 4 is 17.6 Å². The molecule has 0 bridgehead atoms. The molecule has 2 aromatic rings. The third-order valence-electron chi connectivity index (χ3n) is 4.93. The topological polar surface area (TPSA) is 58.6 Å². The Balaban J connectivity index is 1.65. The fraction of sp³-hybridized carbons (Fsp3) is 0.381. The van der Waals surface area contributed by atoms with E-state index in [-0.39, 0.29) is 12.6 Å². The van der Waals surface area contributed by atoms with Gasteiger partial charge in [-0.25, -0.2) is 0 Å². The van der Waals surface area contributed by atoms with Gasteiger partial charge in [-0.05, 0) is 60.6 Å². The van der Waals surface area contributed by atoms with E-state index < -0.39 is 5.97 Å². The van der Waals surface area contributed by atoms with Crippen LogP contribution in [0, 0.1) is 0 Å². The number of aliphatic carboxylic acids is 1. The number of benzene rings is 2. The minimum atomic E-state index is -0.814. The maximum absolute atomic E-state index is 10.7. The van der Waals surface area contributed by atoms with Gasteiger partial charge in [0.05, 0.1) is 6.54 Å². The monoisotopic (exact) mass is 373 g/mol. The summed E-state index contributed by atoms with van der Waals surface area (Å²) in [5.74, 6) is 0.0354. The molecule has 2 aromatic carbocycles. The van der Waals surface area contributed by atoms with Gasteiger partial charge >= 0.3 is 5.97 Å². The Kier molecular flexibility index (Phi) is 6.17. The van der Waals surface area contributed by atoms with Gasteiger partial charge in [0.2, 0.25) is 0 Å². The van der Waals surface area contributed by atoms with Crippen LogP contribution in [0.3, 0.4) is 0 Å². The van der Waals surface area contributed by atoms with Crippen LogP contribution in [0.15, 0.2) is 36.4 Å². The van der Waals surface area contributed by atoms with Crippen molar-refractivity contribution in [1.29, 1.82) is 0 Å². The smallest absolute Gasteiger partial charge is 0.317 e. The van der Waals surface area contributed by atoms with Crippen LogP contribution >= 0.6 is 11.6 Å². The van der Waals surface area contributed by atoms with Crippen molar-refractivity contribution < 1.29 is 14.6 Å². The van der Waals surface area contributed by atoms with E-state index >= 15 is 0 Å². The van der Waals surface area contributed by atoms with Gasteiger partial charge < -0.3 is 15.2 Å². The van der Waals surface area contributed by atoms with Gasteiger partial charge in [0, 0.05) is 16.6 Å². The highest BCUT2D eigenvalue weighted by molar-refractivity contribution is 6.31. The number of hydrogen-bond donors (Lipinski definition) is 2. The Bertz CT molecular complexity index is 791. The highest BCUT2D eigenvalue weighted by atomic mass is 35.5. The first-order valence-corrected chi connectivity index (χ1v) is 9.40. The molecule has 5 heteroatoms. The predicted octanol–water partition coefficient (Wildman–Crippen LogP) is 4.01. The quantitative estimate of drug-likeness (QED) is 0.769. The average Bonchev–Trinajstić information content (AvgIpc) is 2.64. The number of rotatable bonds is 7. The molecule has 1 atom stereocenters. The number of nitrogens with one attached hydrogen (secondary N) is 1. The number of ether oxygens (including phenoxy) is 1. The molecule has 3 rings (SSSR count). The molecule has 0 radical (unpaired) electrons. The Morgan fingerprint density at radius 1 is 1.31 bits per heavy atom. The molecule has 0 saturated carbocycles. The van der Waals surface area contributed by atoms with E-state index in [4.69, 9.17) is 21.4 Å². The van der Waals surface area contributed by atoms with Crippen LogP contribution in [0.25, 0.3) is 0 Å². The van der Waals surface area contributed by atoms with E-state index in [0.717, 1.165) is 42.0 Å². The second kappa shape index (κ2) is 8.56. The van der Waals surface area contributed by atoms with E-state index in [2.05, 4.69) is 30.4 Å². The van der Waals surface area contributed by atoms with Gasteiger partial charge in [-0.2, -0.15) is 0 Å². The van der Waals surface area contributed by atoms with Crippen LogP contribution < -0.4 is 10.1 Å². The molecule has 1 aliphatic rings. The summed E-state index contributed by atoms with van der Waals surface area (Å²) in [6.07, 6.45) is 3.64. The van der Waals surface area contributed by atoms with Gasteiger partial charge in [-0.15, -0.1) is 0 Å². The summed E-state index contributed by atoms with van der Waals surface area (Å²) < 4.78 is 6.01. The van der Waals surface area contributed by atoms with Crippen molar-refractivity contribution in [3.63, 3.8) is 0 Å². The average molecular weight is 374 g/mol. The molecule has 0 fully saturated rings. The van der Waals surface area contributed by atoms with E-state index in [0.29, 0.717) is 6.61 Å². The molecule has 4 nitrogen and oxygen atoms in total. The summed E-state index contributed by atoms with van der Waals surface area (Å²) in [6, 6.07) is 12.4. The molecule has 138 valence electrons. The first kappa shape index (κ1) is 18.7. The fourth-order valence-corrected chi connectivity index (χ4v) is 3.73. The van der Waals surface area contributed by atoms with Gasteiger partial charge in [0.1, 0.15) is 12.4 Å². The summed E-state index contributed by atoms with van der Waals surface area (Å²) in [4.78, 5) is 10.7. The van der Waals surface area contributed by atoms with Gasteiger partial charge in [0.25, 0.3) is 0 Å². The van der Waals surface area contributed by atoms with Crippen LogP contribution in [0.5, 0.6) is 5.75 Å². The van der Waals surface area contributed by atoms with Crippen LogP contribution in [0.4, 0.5) is 0 Å². The molecule has 0 spiro atoms. The van der Waals surface area contributed by atoms with Crippen LogP contribution in [-0.2, 0) is 30.7 Å². The summed E-state index contributed by atoms with van der Waals surface area (Å²) in [5.41, 5.74) is 4.80. The van der Waals surface area contributed by atoms with Crippen molar-refractivity contribution in [3.8, 4) is 5.75 Å². The number of fused-ring (bicyclic) bond motifs is 1. The highest BCUT2D eigenvalue weighted by Gasteiger charge is 2.19. The molecular weight excluding hydrogens is 350 g/mol. The lowest BCUT2D eigenvalue weighted by molar-refractivity contribution is -0.136. The second-order valence-electron chi connectivity index (χ2n) is 6.66. The van der Waals surface area contributed by atoms with Crippen molar-refractivity contribution in [2.75, 3.05) is 6.54 Å². The molecule has 0 saturated heterocycles. The lowest BCUT2D eigenvalue weighted by Gasteiger charge is -2.25. The van der Waals surface area contributed by atoms with E-state index in [9.17, 15) is 4.79 Å². The lowest BCUT2D eigenvalue weighted by atomic mass is 9.88. The number of carboxylic acid groups (broad SMARTS) is 1. The molecule has 1 unspecified atom stereocenters. The zero-order valence-electron chi connectivity index (χ0n) is 14.9. The second-order valence-corrected chi connectivity index (χ2v) is 7.07. The molecule has 2 N–H and O–H groups in total. The van der Waals surface area contributed by atoms with Gasteiger partial charge in [0.15, 0.2) is 0 Å². The summed E-state index contributed by atoms with van der Waals surface area (Å²) >= 11 is 6.33. The van der Waals surface area contributed by atoms with Crippen molar-refractivity contribution in [1.82, 2.24) is 5.32 Å². The number of carbonyl (C=O) groups is 1. The van der Waals surface area contributed by atoms with Crippen LogP contribution in [0.1, 0.15) is 35.6 Å². The van der Waals surface area contributed by atoms with Crippen molar-refractivity contribution in [2.24, 2.45) is 0 Å². The Labute approximate surface area is 159 Å². The maximum atomic E-state index is 10.7. The Hall–Kier alpha value is -2.04. The summed E-state index contributed by atoms with van der Waals surface area (Å²) in [6.45, 7) is 2.59. The molecule has 1 aliphatic carbocycles. The van der Waals surface area contributed by atoms with Crippen LogP contribution in [0.2, 0.25) is 5.02 Å². The summed E-state index contributed by atoms with van der Waals surface area (Å²) in [5, 5.41) is 12.6. The third kappa shape index (κ3) is 4.57. The highest BCUT2D eigenvalue weighted by Crippen LogP contribution is 2.27. The van der Waals surface area contributed by atoms with Crippen molar-refractivity contribution in [2.45, 2.75) is 45.3 Å². The normalized spacial score (nSPS) is 16.2. The van der Waals surface area contributed by atoms with E-state index in [1.807, 2.05) is 18.2 Å². The molecule has 0 aromatic heterocycles. The maximum Gasteiger partial charge on any atom is 0.317 e. The molecule has 0 heterocycles. The largest absolute Gasteiger partial charge is 0.489 e. The standard InChI is InChI=1S/C21H24ClNO3/c1-2-14-4-3-5-20(22)19(14)13-26-18-9-7-15-10-17(23-12-21(24)25)8-6-16(15)11-18/h3-5,7,9,11,17,23H,2,6,8,10,12-13H2,1H3,(H,24,25). The molecule has 0 amide bonds. The Morgan fingerprint density at radius 3 is 2.92 bits per heavy atom. The predicted molar refractivity (Wildman–Crippen MR) is 103 cm³/mol. The minimum Gasteiger partial charge on any atom is -0.489 e. The van der Waals surface area contributed by atoms with Gasteiger partial charge in [-0.1, -0.05) is 36.7 Å². The van der Waals surface area contributed by atoms with Crippen LogP contribution in [-0.4, -0.2) is 23.7 Å². The first-order valence-electron chi connectivity index (χ1n) is 9.03. The first-order chi connectivity index (χ1) is 12.6. The minimum absolute atomic E-state index is 0.0127. The van der Waals surface area contributed by atoms with Crippen molar-refractivity contribution in [3.05, 3.63) is 63.7 Å². The summed E-state index contributed by atoms with van der Waals surface area (Å²) in [7, 11) is 0. The SMILES string of the molecule is CCc1cccc(Cl)c1COc1ccc2c(c1)CCC(NCC(=O)O)C2. The molecule has 0 aliphatic heterocycles. The van der Waals surface area contributed by atoms with E-state index in [1.165, 1.54) is 16.7 Å². The number of carboxylic acids is 1. The molecular formula is C21H24ClNO3. The van der Waals surface area contributed by atoms with E-state index in [1.54, 1.807) is 0 Å². The number of aryl methyl sites for hydroxylation is 2. The third-order valence-corrected chi connectivity index (χ3v) is 5.28.